The van der Waals surface area contributed by atoms with E-state index in [0.717, 1.165) is 22.0 Å². The zero-order valence-electron chi connectivity index (χ0n) is 15.1. The summed E-state index contributed by atoms with van der Waals surface area (Å²) in [6.45, 7) is 0. The molecule has 146 valence electrons. The number of aromatic hydroxyl groups is 1. The maximum absolute atomic E-state index is 13.6. The third-order valence-electron chi connectivity index (χ3n) is 4.80. The summed E-state index contributed by atoms with van der Waals surface area (Å²) in [5.74, 6) is -1.94. The molecule has 1 aromatic heterocycles. The number of halogens is 2. The molecule has 5 nitrogen and oxygen atoms in total. The Kier molecular flexibility index (Phi) is 4.94. The minimum absolute atomic E-state index is 0.0102. The lowest BCUT2D eigenvalue weighted by Gasteiger charge is -2.09. The predicted molar refractivity (Wildman–Crippen MR) is 110 cm³/mol. The van der Waals surface area contributed by atoms with E-state index in [2.05, 4.69) is 10.2 Å². The molecule has 0 spiro atoms. The van der Waals surface area contributed by atoms with E-state index in [9.17, 15) is 14.3 Å². The number of phenols is 1. The molecule has 0 amide bonds. The smallest absolute Gasteiger partial charge is 0.303 e. The zero-order chi connectivity index (χ0) is 20.5. The number of aromatic nitrogens is 2. The van der Waals surface area contributed by atoms with Gasteiger partial charge in [-0.25, -0.2) is 4.39 Å². The van der Waals surface area contributed by atoms with Gasteiger partial charge in [0.2, 0.25) is 0 Å². The van der Waals surface area contributed by atoms with Gasteiger partial charge in [-0.05, 0) is 29.3 Å². The Labute approximate surface area is 170 Å². The van der Waals surface area contributed by atoms with Crippen molar-refractivity contribution in [2.45, 2.75) is 12.8 Å². The van der Waals surface area contributed by atoms with Gasteiger partial charge in [0.05, 0.1) is 22.7 Å². The van der Waals surface area contributed by atoms with Gasteiger partial charge >= 0.3 is 5.97 Å². The molecule has 0 saturated carbocycles. The fraction of sp³-hybridized carbons (Fsp3) is 0.0909. The third kappa shape index (κ3) is 3.67. The van der Waals surface area contributed by atoms with Gasteiger partial charge in [0, 0.05) is 22.9 Å². The van der Waals surface area contributed by atoms with Gasteiger partial charge in [-0.1, -0.05) is 48.0 Å². The van der Waals surface area contributed by atoms with Crippen LogP contribution in [0.25, 0.3) is 33.2 Å². The molecule has 4 rings (SSSR count). The second kappa shape index (κ2) is 7.56. The Bertz CT molecular complexity index is 1220. The van der Waals surface area contributed by atoms with Crippen molar-refractivity contribution in [2.75, 3.05) is 0 Å². The van der Waals surface area contributed by atoms with Gasteiger partial charge < -0.3 is 10.2 Å². The highest BCUT2D eigenvalue weighted by molar-refractivity contribution is 6.34. The first kappa shape index (κ1) is 19.0. The molecule has 3 N–H and O–H groups in total. The number of carboxylic acids is 1. The summed E-state index contributed by atoms with van der Waals surface area (Å²) in [5, 5.41) is 27.3. The normalized spacial score (nSPS) is 11.1. The van der Waals surface area contributed by atoms with E-state index in [1.54, 1.807) is 30.3 Å². The van der Waals surface area contributed by atoms with E-state index in [0.29, 0.717) is 28.3 Å². The molecular weight excluding hydrogens is 395 g/mol. The standard InChI is InChI=1S/C22H16ClFN2O3/c23-17-11-20-16(19(25-26-20)8-9-21(27)28)10-15(17)13-6-4-12(5-7-13)14-2-1-3-18(24)22(14)29/h1-7,10-11,29H,8-9H2,(H,25,26)(H,27,28). The molecule has 0 aliphatic heterocycles. The van der Waals surface area contributed by atoms with Gasteiger partial charge in [0.15, 0.2) is 11.6 Å². The molecule has 29 heavy (non-hydrogen) atoms. The van der Waals surface area contributed by atoms with Crippen molar-refractivity contribution in [3.8, 4) is 28.0 Å². The molecule has 0 fully saturated rings. The molecule has 0 atom stereocenters. The average molecular weight is 411 g/mol. The molecule has 0 aliphatic carbocycles. The first-order valence-corrected chi connectivity index (χ1v) is 9.28. The number of carbonyl (C=O) groups is 1. The number of H-pyrrole nitrogens is 1. The first-order valence-electron chi connectivity index (χ1n) is 8.90. The largest absolute Gasteiger partial charge is 0.504 e. The minimum atomic E-state index is -0.883. The van der Waals surface area contributed by atoms with E-state index < -0.39 is 11.8 Å². The predicted octanol–water partition coefficient (Wildman–Crippen LogP) is 5.41. The summed E-state index contributed by atoms with van der Waals surface area (Å²) in [5.41, 5.74) is 4.09. The average Bonchev–Trinajstić information content (AvgIpc) is 3.10. The number of fused-ring (bicyclic) bond motifs is 1. The van der Waals surface area contributed by atoms with Crippen LogP contribution in [0, 0.1) is 5.82 Å². The number of para-hydroxylation sites is 1. The Balaban J connectivity index is 1.72. The highest BCUT2D eigenvalue weighted by atomic mass is 35.5. The highest BCUT2D eigenvalue weighted by Gasteiger charge is 2.13. The Morgan fingerprint density at radius 2 is 1.76 bits per heavy atom. The molecule has 3 aromatic carbocycles. The van der Waals surface area contributed by atoms with E-state index in [1.807, 2.05) is 18.2 Å². The molecule has 0 aliphatic rings. The highest BCUT2D eigenvalue weighted by Crippen LogP contribution is 2.36. The molecule has 4 aromatic rings. The quantitative estimate of drug-likeness (QED) is 0.410. The van der Waals surface area contributed by atoms with Crippen LogP contribution in [0.15, 0.2) is 54.6 Å². The molecule has 0 saturated heterocycles. The minimum Gasteiger partial charge on any atom is -0.504 e. The van der Waals surface area contributed by atoms with Crippen molar-refractivity contribution in [3.05, 3.63) is 71.1 Å². The number of hydrogen-bond donors (Lipinski definition) is 3. The van der Waals surface area contributed by atoms with Gasteiger partial charge in [0.1, 0.15) is 0 Å². The molecule has 0 bridgehead atoms. The Morgan fingerprint density at radius 1 is 1.07 bits per heavy atom. The number of nitrogens with one attached hydrogen (secondary N) is 1. The first-order chi connectivity index (χ1) is 13.9. The van der Waals surface area contributed by atoms with Crippen molar-refractivity contribution in [1.82, 2.24) is 10.2 Å². The summed E-state index contributed by atoms with van der Waals surface area (Å²) < 4.78 is 13.6. The molecule has 7 heteroatoms. The zero-order valence-corrected chi connectivity index (χ0v) is 15.9. The summed E-state index contributed by atoms with van der Waals surface area (Å²) in [6, 6.07) is 15.3. The van der Waals surface area contributed by atoms with Crippen LogP contribution in [0.4, 0.5) is 4.39 Å². The number of carboxylic acid groups (broad SMARTS) is 1. The number of aryl methyl sites for hydroxylation is 1. The number of aromatic amines is 1. The Morgan fingerprint density at radius 3 is 2.45 bits per heavy atom. The van der Waals surface area contributed by atoms with Crippen molar-refractivity contribution in [2.24, 2.45) is 0 Å². The topological polar surface area (TPSA) is 86.2 Å². The lowest BCUT2D eigenvalue weighted by Crippen LogP contribution is -1.98. The van der Waals surface area contributed by atoms with Crippen LogP contribution in [0.5, 0.6) is 5.75 Å². The maximum atomic E-state index is 13.6. The number of rotatable bonds is 5. The second-order valence-corrected chi connectivity index (χ2v) is 7.06. The van der Waals surface area contributed by atoms with E-state index >= 15 is 0 Å². The summed E-state index contributed by atoms with van der Waals surface area (Å²) >= 11 is 6.45. The monoisotopic (exact) mass is 410 g/mol. The van der Waals surface area contributed by atoms with Crippen molar-refractivity contribution in [1.29, 1.82) is 0 Å². The summed E-state index contributed by atoms with van der Waals surface area (Å²) in [7, 11) is 0. The van der Waals surface area contributed by atoms with Gasteiger partial charge in [-0.3, -0.25) is 9.89 Å². The van der Waals surface area contributed by atoms with Crippen LogP contribution >= 0.6 is 11.6 Å². The van der Waals surface area contributed by atoms with Crippen LogP contribution in [-0.2, 0) is 11.2 Å². The fourth-order valence-electron chi connectivity index (χ4n) is 3.31. The van der Waals surface area contributed by atoms with Crippen LogP contribution in [0.3, 0.4) is 0 Å². The second-order valence-electron chi connectivity index (χ2n) is 6.66. The van der Waals surface area contributed by atoms with Crippen LogP contribution < -0.4 is 0 Å². The number of phenolic OH excluding ortho intramolecular Hbond substituents is 1. The number of nitrogens with zero attached hydrogens (tertiary/aromatic N) is 1. The van der Waals surface area contributed by atoms with Gasteiger partial charge in [-0.2, -0.15) is 5.10 Å². The van der Waals surface area contributed by atoms with E-state index in [4.69, 9.17) is 16.7 Å². The van der Waals surface area contributed by atoms with Crippen LogP contribution in [0.1, 0.15) is 12.1 Å². The van der Waals surface area contributed by atoms with Crippen molar-refractivity contribution >= 4 is 28.5 Å². The Hall–Kier alpha value is -3.38. The summed E-state index contributed by atoms with van der Waals surface area (Å²) in [6.07, 6.45) is 0.304. The molecule has 0 radical (unpaired) electrons. The van der Waals surface area contributed by atoms with Crippen molar-refractivity contribution < 1.29 is 19.4 Å². The SMILES string of the molecule is O=C(O)CCc1n[nH]c2cc(Cl)c(-c3ccc(-c4cccc(F)c4O)cc3)cc12. The van der Waals surface area contributed by atoms with E-state index in [1.165, 1.54) is 6.07 Å². The third-order valence-corrected chi connectivity index (χ3v) is 5.11. The van der Waals surface area contributed by atoms with Crippen LogP contribution in [0.2, 0.25) is 5.02 Å². The molecule has 1 heterocycles. The van der Waals surface area contributed by atoms with Gasteiger partial charge in [-0.15, -0.1) is 0 Å². The van der Waals surface area contributed by atoms with Crippen molar-refractivity contribution in [3.63, 3.8) is 0 Å². The van der Waals surface area contributed by atoms with Crippen LogP contribution in [-0.4, -0.2) is 26.4 Å². The number of benzene rings is 3. The number of aliphatic carboxylic acids is 1. The number of hydrogen-bond acceptors (Lipinski definition) is 3. The maximum Gasteiger partial charge on any atom is 0.303 e. The molecular formula is C22H16ClFN2O3. The fourth-order valence-corrected chi connectivity index (χ4v) is 3.58. The van der Waals surface area contributed by atoms with Gasteiger partial charge in [0.25, 0.3) is 0 Å². The molecule has 0 unspecified atom stereocenters. The van der Waals surface area contributed by atoms with E-state index in [-0.39, 0.29) is 12.2 Å². The summed E-state index contributed by atoms with van der Waals surface area (Å²) in [4.78, 5) is 10.9. The lowest BCUT2D eigenvalue weighted by atomic mass is 9.98. The lowest BCUT2D eigenvalue weighted by molar-refractivity contribution is -0.136.